The second kappa shape index (κ2) is 8.15. The number of ether oxygens (including phenoxy) is 3. The fourth-order valence-corrected chi connectivity index (χ4v) is 2.05. The molecule has 1 heterocycles. The Morgan fingerprint density at radius 1 is 1.04 bits per heavy atom. The molecule has 9 heteroatoms. The quantitative estimate of drug-likeness (QED) is 0.775. The third-order valence-electron chi connectivity index (χ3n) is 3.31. The van der Waals surface area contributed by atoms with Gasteiger partial charge in [-0.15, -0.1) is 0 Å². The van der Waals surface area contributed by atoms with Gasteiger partial charge in [0.25, 0.3) is 5.91 Å². The lowest BCUT2D eigenvalue weighted by Gasteiger charge is -2.15. The van der Waals surface area contributed by atoms with Crippen LogP contribution < -0.4 is 10.1 Å². The summed E-state index contributed by atoms with van der Waals surface area (Å²) in [7, 11) is 2.42. The van der Waals surface area contributed by atoms with Crippen LogP contribution in [0, 0.1) is 6.92 Å². The lowest BCUT2D eigenvalue weighted by atomic mass is 10.1. The second-order valence-electron chi connectivity index (χ2n) is 5.30. The summed E-state index contributed by atoms with van der Waals surface area (Å²) in [5, 5.41) is 6.18. The molecule has 0 fully saturated rings. The fourth-order valence-electron chi connectivity index (χ4n) is 2.05. The standard InChI is InChI=1S/C17H18N2O7/c1-9-5-14(19-26-9)18-15(20)10(2)25-13-7-11(16(21)23-3)6-12(8-13)17(22)24-4/h5-8,10H,1-4H3,(H,18,19,20)/t10-/m0/s1. The molecule has 26 heavy (non-hydrogen) atoms. The van der Waals surface area contributed by atoms with E-state index < -0.39 is 23.9 Å². The number of aryl methyl sites for hydroxylation is 1. The number of amides is 1. The Labute approximate surface area is 149 Å². The molecule has 1 N–H and O–H groups in total. The molecule has 0 bridgehead atoms. The van der Waals surface area contributed by atoms with Gasteiger partial charge < -0.3 is 24.1 Å². The Bertz CT molecular complexity index is 794. The van der Waals surface area contributed by atoms with Crippen LogP contribution in [0.25, 0.3) is 0 Å². The minimum atomic E-state index is -0.939. The SMILES string of the molecule is COC(=O)c1cc(O[C@@H](C)C(=O)Nc2cc(C)on2)cc(C(=O)OC)c1. The highest BCUT2D eigenvalue weighted by atomic mass is 16.5. The van der Waals surface area contributed by atoms with Crippen molar-refractivity contribution < 1.29 is 33.1 Å². The lowest BCUT2D eigenvalue weighted by molar-refractivity contribution is -0.122. The highest BCUT2D eigenvalue weighted by molar-refractivity contribution is 5.96. The van der Waals surface area contributed by atoms with Gasteiger partial charge in [0, 0.05) is 6.07 Å². The highest BCUT2D eigenvalue weighted by Crippen LogP contribution is 2.20. The van der Waals surface area contributed by atoms with Crippen LogP contribution in [0.3, 0.4) is 0 Å². The number of hydrogen-bond acceptors (Lipinski definition) is 8. The van der Waals surface area contributed by atoms with Gasteiger partial charge in [-0.3, -0.25) is 4.79 Å². The van der Waals surface area contributed by atoms with Gasteiger partial charge in [-0.2, -0.15) is 0 Å². The van der Waals surface area contributed by atoms with E-state index in [1.54, 1.807) is 13.0 Å². The first-order valence-corrected chi connectivity index (χ1v) is 7.56. The van der Waals surface area contributed by atoms with Crippen LogP contribution in [-0.2, 0) is 14.3 Å². The van der Waals surface area contributed by atoms with Crippen LogP contribution in [-0.4, -0.2) is 43.3 Å². The van der Waals surface area contributed by atoms with E-state index in [0.717, 1.165) is 0 Å². The van der Waals surface area contributed by atoms with Crippen molar-refractivity contribution in [2.24, 2.45) is 0 Å². The van der Waals surface area contributed by atoms with Gasteiger partial charge >= 0.3 is 11.9 Å². The van der Waals surface area contributed by atoms with E-state index in [0.29, 0.717) is 5.76 Å². The summed E-state index contributed by atoms with van der Waals surface area (Å²) in [4.78, 5) is 35.7. The molecule has 0 saturated heterocycles. The third kappa shape index (κ3) is 4.59. The zero-order chi connectivity index (χ0) is 19.3. The van der Waals surface area contributed by atoms with Crippen molar-refractivity contribution in [1.82, 2.24) is 5.16 Å². The number of nitrogens with one attached hydrogen (secondary N) is 1. The van der Waals surface area contributed by atoms with E-state index in [2.05, 4.69) is 19.9 Å². The van der Waals surface area contributed by atoms with Crippen LogP contribution >= 0.6 is 0 Å². The summed E-state index contributed by atoms with van der Waals surface area (Å²) in [5.74, 6) is -0.871. The molecule has 0 unspecified atom stereocenters. The molecule has 9 nitrogen and oxygen atoms in total. The van der Waals surface area contributed by atoms with Crippen LogP contribution in [0.2, 0.25) is 0 Å². The summed E-state index contributed by atoms with van der Waals surface area (Å²) in [6.45, 7) is 3.19. The average Bonchev–Trinajstić information content (AvgIpc) is 3.04. The Morgan fingerprint density at radius 2 is 1.62 bits per heavy atom. The van der Waals surface area contributed by atoms with Crippen molar-refractivity contribution in [3.63, 3.8) is 0 Å². The number of aromatic nitrogens is 1. The average molecular weight is 362 g/mol. The molecule has 2 rings (SSSR count). The maximum atomic E-state index is 12.2. The Kier molecular flexibility index (Phi) is 5.94. The first-order valence-electron chi connectivity index (χ1n) is 7.56. The number of rotatable bonds is 6. The zero-order valence-corrected chi connectivity index (χ0v) is 14.7. The molecule has 0 saturated carbocycles. The summed E-state index contributed by atoms with van der Waals surface area (Å²) < 4.78 is 19.7. The van der Waals surface area contributed by atoms with Gasteiger partial charge in [0.1, 0.15) is 11.5 Å². The number of anilines is 1. The Morgan fingerprint density at radius 3 is 2.08 bits per heavy atom. The van der Waals surface area contributed by atoms with Crippen LogP contribution in [0.4, 0.5) is 5.82 Å². The number of carbonyl (C=O) groups excluding carboxylic acids is 3. The number of esters is 2. The molecule has 1 aromatic carbocycles. The summed E-state index contributed by atoms with van der Waals surface area (Å²) in [6.07, 6.45) is -0.939. The molecule has 0 radical (unpaired) electrons. The van der Waals surface area contributed by atoms with Crippen LogP contribution in [0.5, 0.6) is 5.75 Å². The highest BCUT2D eigenvalue weighted by Gasteiger charge is 2.19. The Hall–Kier alpha value is -3.36. The first kappa shape index (κ1) is 19.0. The predicted octanol–water partition coefficient (Wildman–Crippen LogP) is 1.96. The summed E-state index contributed by atoms with van der Waals surface area (Å²) >= 11 is 0. The predicted molar refractivity (Wildman–Crippen MR) is 89.1 cm³/mol. The molecule has 2 aromatic rings. The van der Waals surface area contributed by atoms with Gasteiger partial charge in [-0.1, -0.05) is 5.16 Å². The van der Waals surface area contributed by atoms with E-state index in [9.17, 15) is 14.4 Å². The number of carbonyl (C=O) groups is 3. The van der Waals surface area contributed by atoms with E-state index in [4.69, 9.17) is 9.26 Å². The van der Waals surface area contributed by atoms with E-state index >= 15 is 0 Å². The number of methoxy groups -OCH3 is 2. The number of hydrogen-bond donors (Lipinski definition) is 1. The molecule has 1 amide bonds. The number of nitrogens with zero attached hydrogens (tertiary/aromatic N) is 1. The normalized spacial score (nSPS) is 11.4. The van der Waals surface area contributed by atoms with E-state index in [-0.39, 0.29) is 22.7 Å². The molecular formula is C17H18N2O7. The number of benzene rings is 1. The monoisotopic (exact) mass is 362 g/mol. The van der Waals surface area contributed by atoms with Gasteiger partial charge in [0.15, 0.2) is 11.9 Å². The largest absolute Gasteiger partial charge is 0.481 e. The van der Waals surface area contributed by atoms with Crippen LogP contribution in [0.15, 0.2) is 28.8 Å². The smallest absolute Gasteiger partial charge is 0.338 e. The van der Waals surface area contributed by atoms with Gasteiger partial charge in [0.2, 0.25) is 0 Å². The molecule has 0 aliphatic heterocycles. The van der Waals surface area contributed by atoms with Crippen molar-refractivity contribution in [2.75, 3.05) is 19.5 Å². The maximum absolute atomic E-state index is 12.2. The molecule has 0 aliphatic rings. The summed E-state index contributed by atoms with van der Waals surface area (Å²) in [6, 6.07) is 5.59. The molecule has 1 aromatic heterocycles. The van der Waals surface area contributed by atoms with Crippen molar-refractivity contribution in [3.8, 4) is 5.75 Å². The molecular weight excluding hydrogens is 344 g/mol. The molecule has 0 spiro atoms. The zero-order valence-electron chi connectivity index (χ0n) is 14.7. The summed E-state index contributed by atoms with van der Waals surface area (Å²) in [5.41, 5.74) is 0.176. The third-order valence-corrected chi connectivity index (χ3v) is 3.31. The second-order valence-corrected chi connectivity index (χ2v) is 5.30. The van der Waals surface area contributed by atoms with Crippen molar-refractivity contribution >= 4 is 23.7 Å². The molecule has 138 valence electrons. The van der Waals surface area contributed by atoms with Crippen molar-refractivity contribution in [1.29, 1.82) is 0 Å². The van der Waals surface area contributed by atoms with E-state index in [1.165, 1.54) is 39.3 Å². The van der Waals surface area contributed by atoms with Crippen molar-refractivity contribution in [2.45, 2.75) is 20.0 Å². The Balaban J connectivity index is 2.19. The first-order chi connectivity index (χ1) is 12.3. The minimum Gasteiger partial charge on any atom is -0.481 e. The van der Waals surface area contributed by atoms with Gasteiger partial charge in [0.05, 0.1) is 25.3 Å². The fraction of sp³-hybridized carbons (Fsp3) is 0.294. The van der Waals surface area contributed by atoms with E-state index in [1.807, 2.05) is 0 Å². The van der Waals surface area contributed by atoms with Crippen LogP contribution in [0.1, 0.15) is 33.4 Å². The van der Waals surface area contributed by atoms with Gasteiger partial charge in [-0.05, 0) is 32.0 Å². The minimum absolute atomic E-state index is 0.0881. The molecule has 1 atom stereocenters. The van der Waals surface area contributed by atoms with Crippen molar-refractivity contribution in [3.05, 3.63) is 41.2 Å². The van der Waals surface area contributed by atoms with Gasteiger partial charge in [-0.25, -0.2) is 9.59 Å². The molecule has 0 aliphatic carbocycles. The lowest BCUT2D eigenvalue weighted by Crippen LogP contribution is -2.30. The topological polar surface area (TPSA) is 117 Å². The maximum Gasteiger partial charge on any atom is 0.338 e.